The van der Waals surface area contributed by atoms with Crippen molar-refractivity contribution in [2.24, 2.45) is 0 Å². The zero-order chi connectivity index (χ0) is 21.1. The first-order chi connectivity index (χ1) is 14.5. The van der Waals surface area contributed by atoms with Gasteiger partial charge in [0.05, 0.1) is 24.3 Å². The van der Waals surface area contributed by atoms with Crippen LogP contribution >= 0.6 is 0 Å². The van der Waals surface area contributed by atoms with Gasteiger partial charge in [0.2, 0.25) is 11.9 Å². The topological polar surface area (TPSA) is 115 Å². The van der Waals surface area contributed by atoms with Crippen molar-refractivity contribution in [1.82, 2.24) is 24.7 Å². The average Bonchev–Trinajstić information content (AvgIpc) is 3.21. The Balaban J connectivity index is 1.46. The number of ether oxygens (including phenoxy) is 1. The SMILES string of the molecule is COc1ccc(Cc2nc(NC(=O)C(C)n3cnc4ccccc4c3=O)n[nH]2)cc1. The number of H-pyrrole nitrogens is 1. The van der Waals surface area contributed by atoms with E-state index in [-0.39, 0.29) is 11.5 Å². The van der Waals surface area contributed by atoms with E-state index in [2.05, 4.69) is 25.5 Å². The lowest BCUT2D eigenvalue weighted by atomic mass is 10.1. The molecule has 30 heavy (non-hydrogen) atoms. The van der Waals surface area contributed by atoms with E-state index in [1.54, 1.807) is 32.2 Å². The van der Waals surface area contributed by atoms with Gasteiger partial charge in [0.25, 0.3) is 5.56 Å². The van der Waals surface area contributed by atoms with Crippen LogP contribution in [-0.2, 0) is 11.2 Å². The molecule has 152 valence electrons. The molecule has 2 aromatic carbocycles. The first kappa shape index (κ1) is 19.3. The summed E-state index contributed by atoms with van der Waals surface area (Å²) in [7, 11) is 1.61. The average molecular weight is 404 g/mol. The van der Waals surface area contributed by atoms with Crippen molar-refractivity contribution in [2.45, 2.75) is 19.4 Å². The number of anilines is 1. The highest BCUT2D eigenvalue weighted by Crippen LogP contribution is 2.14. The van der Waals surface area contributed by atoms with E-state index in [4.69, 9.17) is 4.74 Å². The number of amides is 1. The molecule has 0 radical (unpaired) electrons. The Hall–Kier alpha value is -4.01. The van der Waals surface area contributed by atoms with Gasteiger partial charge in [-0.15, -0.1) is 5.10 Å². The largest absolute Gasteiger partial charge is 0.497 e. The van der Waals surface area contributed by atoms with Gasteiger partial charge in [-0.3, -0.25) is 24.6 Å². The summed E-state index contributed by atoms with van der Waals surface area (Å²) < 4.78 is 6.44. The van der Waals surface area contributed by atoms with E-state index >= 15 is 0 Å². The lowest BCUT2D eigenvalue weighted by Gasteiger charge is -2.13. The fourth-order valence-corrected chi connectivity index (χ4v) is 3.07. The highest BCUT2D eigenvalue weighted by Gasteiger charge is 2.19. The van der Waals surface area contributed by atoms with Gasteiger partial charge in [0.1, 0.15) is 17.6 Å². The van der Waals surface area contributed by atoms with Crippen LogP contribution in [0.3, 0.4) is 0 Å². The first-order valence-electron chi connectivity index (χ1n) is 9.36. The number of methoxy groups -OCH3 is 1. The Kier molecular flexibility index (Phi) is 5.25. The molecular formula is C21H20N6O3. The van der Waals surface area contributed by atoms with Crippen molar-refractivity contribution in [3.8, 4) is 5.75 Å². The molecule has 1 amide bonds. The number of carbonyl (C=O) groups excluding carboxylic acids is 1. The van der Waals surface area contributed by atoms with Gasteiger partial charge < -0.3 is 4.74 Å². The maximum absolute atomic E-state index is 12.7. The summed E-state index contributed by atoms with van der Waals surface area (Å²) >= 11 is 0. The number of aromatic nitrogens is 5. The number of aromatic amines is 1. The molecule has 4 rings (SSSR count). The molecule has 0 saturated carbocycles. The van der Waals surface area contributed by atoms with Crippen molar-refractivity contribution in [3.05, 3.63) is 76.6 Å². The maximum Gasteiger partial charge on any atom is 0.261 e. The predicted octanol–water partition coefficient (Wildman–Crippen LogP) is 2.31. The number of rotatable bonds is 6. The number of nitrogens with zero attached hydrogens (tertiary/aromatic N) is 4. The van der Waals surface area contributed by atoms with Gasteiger partial charge in [-0.2, -0.15) is 4.98 Å². The predicted molar refractivity (Wildman–Crippen MR) is 112 cm³/mol. The van der Waals surface area contributed by atoms with Gasteiger partial charge in [-0.05, 0) is 36.8 Å². The standard InChI is InChI=1S/C21H20N6O3/c1-13(27-12-22-17-6-4-3-5-16(17)20(27)29)19(28)24-21-23-18(25-26-21)11-14-7-9-15(30-2)10-8-14/h3-10,12-13H,11H2,1-2H3,(H2,23,24,25,26,28). The van der Waals surface area contributed by atoms with Gasteiger partial charge in [0, 0.05) is 6.42 Å². The maximum atomic E-state index is 12.7. The second-order valence-corrected chi connectivity index (χ2v) is 6.77. The van der Waals surface area contributed by atoms with Gasteiger partial charge in [0.15, 0.2) is 0 Å². The quantitative estimate of drug-likeness (QED) is 0.510. The summed E-state index contributed by atoms with van der Waals surface area (Å²) in [6, 6.07) is 13.8. The Morgan fingerprint density at radius 1 is 1.20 bits per heavy atom. The number of fused-ring (bicyclic) bond motifs is 1. The molecule has 9 heteroatoms. The fraction of sp³-hybridized carbons (Fsp3) is 0.190. The summed E-state index contributed by atoms with van der Waals surface area (Å²) in [4.78, 5) is 33.9. The number of carbonyl (C=O) groups is 1. The van der Waals surface area contributed by atoms with E-state index in [0.717, 1.165) is 11.3 Å². The Morgan fingerprint density at radius 3 is 2.73 bits per heavy atom. The molecule has 0 fully saturated rings. The minimum absolute atomic E-state index is 0.150. The van der Waals surface area contributed by atoms with E-state index in [1.165, 1.54) is 10.9 Å². The summed E-state index contributed by atoms with van der Waals surface area (Å²) in [6.07, 6.45) is 1.90. The van der Waals surface area contributed by atoms with Crippen LogP contribution in [0.25, 0.3) is 10.9 Å². The van der Waals surface area contributed by atoms with Crippen molar-refractivity contribution in [3.63, 3.8) is 0 Å². The van der Waals surface area contributed by atoms with Crippen LogP contribution in [0.1, 0.15) is 24.4 Å². The van der Waals surface area contributed by atoms with Crippen LogP contribution in [0.15, 0.2) is 59.7 Å². The van der Waals surface area contributed by atoms with Crippen LogP contribution in [-0.4, -0.2) is 37.7 Å². The number of hydrogen-bond acceptors (Lipinski definition) is 6. The van der Waals surface area contributed by atoms with E-state index < -0.39 is 11.9 Å². The van der Waals surface area contributed by atoms with Crippen molar-refractivity contribution < 1.29 is 9.53 Å². The molecule has 9 nitrogen and oxygen atoms in total. The molecule has 0 aliphatic rings. The Labute approximate surface area is 171 Å². The molecule has 2 heterocycles. The summed E-state index contributed by atoms with van der Waals surface area (Å²) in [5.41, 5.74) is 1.33. The van der Waals surface area contributed by atoms with Crippen molar-refractivity contribution in [2.75, 3.05) is 12.4 Å². The molecule has 0 saturated heterocycles. The lowest BCUT2D eigenvalue weighted by Crippen LogP contribution is -2.32. The van der Waals surface area contributed by atoms with E-state index in [1.807, 2.05) is 30.3 Å². The van der Waals surface area contributed by atoms with Crippen molar-refractivity contribution >= 4 is 22.8 Å². The van der Waals surface area contributed by atoms with Gasteiger partial charge in [-0.25, -0.2) is 4.98 Å². The van der Waals surface area contributed by atoms with Crippen LogP contribution in [0.5, 0.6) is 5.75 Å². The molecule has 1 atom stereocenters. The molecule has 0 bridgehead atoms. The monoisotopic (exact) mass is 404 g/mol. The van der Waals surface area contributed by atoms with Gasteiger partial charge in [-0.1, -0.05) is 24.3 Å². The van der Waals surface area contributed by atoms with Crippen LogP contribution in [0.4, 0.5) is 5.95 Å². The minimum atomic E-state index is -0.779. The molecule has 0 spiro atoms. The fourth-order valence-electron chi connectivity index (χ4n) is 3.07. The van der Waals surface area contributed by atoms with Crippen LogP contribution < -0.4 is 15.6 Å². The third kappa shape index (κ3) is 3.90. The van der Waals surface area contributed by atoms with E-state index in [0.29, 0.717) is 23.1 Å². The molecule has 2 aromatic heterocycles. The number of para-hydroxylation sites is 1. The number of nitrogens with one attached hydrogen (secondary N) is 2. The highest BCUT2D eigenvalue weighted by atomic mass is 16.5. The molecule has 4 aromatic rings. The zero-order valence-corrected chi connectivity index (χ0v) is 16.5. The molecular weight excluding hydrogens is 384 g/mol. The highest BCUT2D eigenvalue weighted by molar-refractivity contribution is 5.92. The molecule has 0 aliphatic carbocycles. The second kappa shape index (κ2) is 8.16. The van der Waals surface area contributed by atoms with Crippen LogP contribution in [0, 0.1) is 0 Å². The third-order valence-corrected chi connectivity index (χ3v) is 4.78. The molecule has 1 unspecified atom stereocenters. The summed E-state index contributed by atoms with van der Waals surface area (Å²) in [5.74, 6) is 1.12. The Morgan fingerprint density at radius 2 is 1.97 bits per heavy atom. The smallest absolute Gasteiger partial charge is 0.261 e. The van der Waals surface area contributed by atoms with Crippen LogP contribution in [0.2, 0.25) is 0 Å². The minimum Gasteiger partial charge on any atom is -0.497 e. The summed E-state index contributed by atoms with van der Waals surface area (Å²) in [6.45, 7) is 1.62. The second-order valence-electron chi connectivity index (χ2n) is 6.77. The first-order valence-corrected chi connectivity index (χ1v) is 9.36. The number of hydrogen-bond donors (Lipinski definition) is 2. The van der Waals surface area contributed by atoms with Crippen molar-refractivity contribution in [1.29, 1.82) is 0 Å². The zero-order valence-electron chi connectivity index (χ0n) is 16.5. The summed E-state index contributed by atoms with van der Waals surface area (Å²) in [5, 5.41) is 9.95. The Bertz CT molecular complexity index is 1250. The molecule has 2 N–H and O–H groups in total. The molecule has 0 aliphatic heterocycles. The lowest BCUT2D eigenvalue weighted by molar-refractivity contribution is -0.118. The van der Waals surface area contributed by atoms with Gasteiger partial charge >= 0.3 is 0 Å². The van der Waals surface area contributed by atoms with E-state index in [9.17, 15) is 9.59 Å². The number of benzene rings is 2. The normalized spacial score (nSPS) is 11.9. The third-order valence-electron chi connectivity index (χ3n) is 4.78.